The molecule has 29 heavy (non-hydrogen) atoms. The quantitative estimate of drug-likeness (QED) is 0.547. The molecule has 0 saturated heterocycles. The van der Waals surface area contributed by atoms with Crippen LogP contribution in [0.1, 0.15) is 41.8 Å². The Bertz CT molecular complexity index is 1240. The molecule has 0 aliphatic heterocycles. The fraction of sp³-hybridized carbons (Fsp3) is 0.261. The summed E-state index contributed by atoms with van der Waals surface area (Å²) in [6, 6.07) is 13.8. The van der Waals surface area contributed by atoms with Gasteiger partial charge in [0.15, 0.2) is 5.65 Å². The van der Waals surface area contributed by atoms with Crippen LogP contribution < -0.4 is 11.1 Å². The first-order valence-electron chi connectivity index (χ1n) is 9.85. The van der Waals surface area contributed by atoms with Crippen molar-refractivity contribution in [3.8, 4) is 5.69 Å². The van der Waals surface area contributed by atoms with Crippen LogP contribution in [0.4, 0.5) is 5.82 Å². The van der Waals surface area contributed by atoms with Gasteiger partial charge in [-0.05, 0) is 62.6 Å². The van der Waals surface area contributed by atoms with Gasteiger partial charge in [-0.15, -0.1) is 0 Å². The summed E-state index contributed by atoms with van der Waals surface area (Å²) >= 11 is 0. The minimum absolute atomic E-state index is 0.0373. The van der Waals surface area contributed by atoms with Gasteiger partial charge in [0, 0.05) is 11.7 Å². The summed E-state index contributed by atoms with van der Waals surface area (Å²) in [6.45, 7) is 8.12. The number of nitrogens with zero attached hydrogens (tertiary/aromatic N) is 3. The van der Waals surface area contributed by atoms with E-state index in [1.165, 1.54) is 5.56 Å². The van der Waals surface area contributed by atoms with Crippen molar-refractivity contribution in [1.29, 1.82) is 0 Å². The lowest BCUT2D eigenvalue weighted by Crippen LogP contribution is -2.32. The Morgan fingerprint density at radius 3 is 2.45 bits per heavy atom. The number of para-hydroxylation sites is 2. The predicted molar refractivity (Wildman–Crippen MR) is 117 cm³/mol. The van der Waals surface area contributed by atoms with Gasteiger partial charge in [0.1, 0.15) is 16.9 Å². The smallest absolute Gasteiger partial charge is 0.257 e. The summed E-state index contributed by atoms with van der Waals surface area (Å²) < 4.78 is 1.83. The van der Waals surface area contributed by atoms with Gasteiger partial charge in [-0.25, -0.2) is 9.97 Å². The van der Waals surface area contributed by atoms with Crippen LogP contribution in [-0.2, 0) is 0 Å². The lowest BCUT2D eigenvalue weighted by Gasteiger charge is -2.12. The Labute approximate surface area is 169 Å². The summed E-state index contributed by atoms with van der Waals surface area (Å²) in [5, 5.41) is 3.01. The van der Waals surface area contributed by atoms with Crippen LogP contribution in [0, 0.1) is 13.8 Å². The van der Waals surface area contributed by atoms with E-state index in [0.29, 0.717) is 22.5 Å². The second-order valence-electron chi connectivity index (χ2n) is 7.53. The molecule has 3 N–H and O–H groups in total. The van der Waals surface area contributed by atoms with Crippen molar-refractivity contribution in [1.82, 2.24) is 19.9 Å². The number of benzene rings is 2. The van der Waals surface area contributed by atoms with E-state index in [9.17, 15) is 4.79 Å². The van der Waals surface area contributed by atoms with E-state index in [2.05, 4.69) is 25.2 Å². The van der Waals surface area contributed by atoms with Crippen LogP contribution in [-0.4, -0.2) is 26.5 Å². The van der Waals surface area contributed by atoms with Gasteiger partial charge in [0.05, 0.1) is 11.0 Å². The maximum Gasteiger partial charge on any atom is 0.257 e. The Balaban J connectivity index is 2.04. The van der Waals surface area contributed by atoms with Crippen molar-refractivity contribution in [3.63, 3.8) is 0 Å². The SMILES string of the molecule is CC[C@@H](C)NC(=O)c1c(N)n(-c2ccc(C)c(C)c2)c2nc3ccccc3nc12. The molecule has 0 aliphatic rings. The highest BCUT2D eigenvalue weighted by molar-refractivity contribution is 6.11. The molecule has 0 fully saturated rings. The third-order valence-electron chi connectivity index (χ3n) is 5.46. The maximum absolute atomic E-state index is 13.1. The van der Waals surface area contributed by atoms with Crippen LogP contribution in [0.2, 0.25) is 0 Å². The molecule has 0 radical (unpaired) electrons. The highest BCUT2D eigenvalue weighted by atomic mass is 16.1. The maximum atomic E-state index is 13.1. The van der Waals surface area contributed by atoms with Gasteiger partial charge in [-0.1, -0.05) is 25.1 Å². The van der Waals surface area contributed by atoms with Gasteiger partial charge in [0.2, 0.25) is 0 Å². The molecular weight excluding hydrogens is 362 g/mol. The minimum Gasteiger partial charge on any atom is -0.384 e. The van der Waals surface area contributed by atoms with E-state index in [-0.39, 0.29) is 11.9 Å². The molecular formula is C23H25N5O. The highest BCUT2D eigenvalue weighted by Crippen LogP contribution is 2.31. The van der Waals surface area contributed by atoms with Gasteiger partial charge in [-0.3, -0.25) is 9.36 Å². The van der Waals surface area contributed by atoms with Crippen molar-refractivity contribution in [2.24, 2.45) is 0 Å². The molecule has 6 nitrogen and oxygen atoms in total. The standard InChI is InChI=1S/C23H25N5O/c1-5-15(4)25-23(29)19-20-22(27-18-9-7-6-8-17(18)26-20)28(21(19)24)16-11-10-13(2)14(3)12-16/h6-12,15H,5,24H2,1-4H3,(H,25,29)/t15-/m1/s1. The molecule has 6 heteroatoms. The molecule has 1 amide bonds. The van der Waals surface area contributed by atoms with Crippen molar-refractivity contribution >= 4 is 33.9 Å². The third kappa shape index (κ3) is 3.20. The molecule has 2 aromatic heterocycles. The number of fused-ring (bicyclic) bond motifs is 2. The lowest BCUT2D eigenvalue weighted by atomic mass is 10.1. The molecule has 2 heterocycles. The molecule has 2 aromatic carbocycles. The summed E-state index contributed by atoms with van der Waals surface area (Å²) in [5.41, 5.74) is 12.7. The lowest BCUT2D eigenvalue weighted by molar-refractivity contribution is 0.0941. The average Bonchev–Trinajstić information content (AvgIpc) is 2.99. The van der Waals surface area contributed by atoms with Gasteiger partial charge in [0.25, 0.3) is 5.91 Å². The molecule has 4 aromatic rings. The van der Waals surface area contributed by atoms with Gasteiger partial charge in [-0.2, -0.15) is 0 Å². The summed E-state index contributed by atoms with van der Waals surface area (Å²) in [7, 11) is 0. The van der Waals surface area contributed by atoms with E-state index in [1.54, 1.807) is 0 Å². The largest absolute Gasteiger partial charge is 0.384 e. The van der Waals surface area contributed by atoms with E-state index in [0.717, 1.165) is 28.7 Å². The summed E-state index contributed by atoms with van der Waals surface area (Å²) in [4.78, 5) is 22.6. The zero-order valence-electron chi connectivity index (χ0n) is 17.2. The third-order valence-corrected chi connectivity index (χ3v) is 5.46. The van der Waals surface area contributed by atoms with Crippen molar-refractivity contribution in [3.05, 3.63) is 59.2 Å². The monoisotopic (exact) mass is 387 g/mol. The van der Waals surface area contributed by atoms with Crippen molar-refractivity contribution in [2.45, 2.75) is 40.2 Å². The Morgan fingerprint density at radius 2 is 1.79 bits per heavy atom. The number of rotatable bonds is 4. The molecule has 0 bridgehead atoms. The van der Waals surface area contributed by atoms with Crippen LogP contribution >= 0.6 is 0 Å². The van der Waals surface area contributed by atoms with E-state index in [1.807, 2.05) is 54.8 Å². The number of aromatic nitrogens is 3. The van der Waals surface area contributed by atoms with Crippen LogP contribution in [0.15, 0.2) is 42.5 Å². The number of nitrogen functional groups attached to an aromatic ring is 1. The minimum atomic E-state index is -0.228. The number of carbonyl (C=O) groups is 1. The molecule has 0 unspecified atom stereocenters. The summed E-state index contributed by atoms with van der Waals surface area (Å²) in [5.74, 6) is 0.119. The number of hydrogen-bond acceptors (Lipinski definition) is 4. The molecule has 4 rings (SSSR count). The molecule has 1 atom stereocenters. The van der Waals surface area contributed by atoms with Gasteiger partial charge >= 0.3 is 0 Å². The fourth-order valence-electron chi connectivity index (χ4n) is 3.41. The number of hydrogen-bond donors (Lipinski definition) is 2. The highest BCUT2D eigenvalue weighted by Gasteiger charge is 2.25. The van der Waals surface area contributed by atoms with Crippen LogP contribution in [0.25, 0.3) is 27.9 Å². The number of carbonyl (C=O) groups excluding carboxylic acids is 1. The number of nitrogens with two attached hydrogens (primary N) is 1. The first-order chi connectivity index (χ1) is 13.9. The topological polar surface area (TPSA) is 85.8 Å². The second-order valence-corrected chi connectivity index (χ2v) is 7.53. The van der Waals surface area contributed by atoms with E-state index < -0.39 is 0 Å². The van der Waals surface area contributed by atoms with Crippen molar-refractivity contribution in [2.75, 3.05) is 5.73 Å². The first-order valence-corrected chi connectivity index (χ1v) is 9.85. The Kier molecular flexibility index (Phi) is 4.70. The second kappa shape index (κ2) is 7.20. The first kappa shape index (κ1) is 18.9. The number of amides is 1. The molecule has 0 aliphatic carbocycles. The summed E-state index contributed by atoms with van der Waals surface area (Å²) in [6.07, 6.45) is 0.829. The zero-order chi connectivity index (χ0) is 20.7. The normalized spacial score (nSPS) is 12.4. The van der Waals surface area contributed by atoms with Crippen LogP contribution in [0.3, 0.4) is 0 Å². The average molecular weight is 387 g/mol. The molecule has 0 spiro atoms. The fourth-order valence-corrected chi connectivity index (χ4v) is 3.41. The number of aryl methyl sites for hydroxylation is 2. The molecule has 148 valence electrons. The van der Waals surface area contributed by atoms with Gasteiger partial charge < -0.3 is 11.1 Å². The Hall–Kier alpha value is -3.41. The van der Waals surface area contributed by atoms with E-state index in [4.69, 9.17) is 15.7 Å². The number of nitrogens with one attached hydrogen (secondary N) is 1. The van der Waals surface area contributed by atoms with Crippen LogP contribution in [0.5, 0.6) is 0 Å². The zero-order valence-corrected chi connectivity index (χ0v) is 17.2. The predicted octanol–water partition coefficient (Wildman–Crippen LogP) is 4.30. The Morgan fingerprint density at radius 1 is 1.10 bits per heavy atom. The molecule has 0 saturated carbocycles. The van der Waals surface area contributed by atoms with E-state index >= 15 is 0 Å². The number of anilines is 1. The van der Waals surface area contributed by atoms with Crippen molar-refractivity contribution < 1.29 is 4.79 Å².